The molecular weight excluding hydrogens is 430 g/mol. The molecule has 1 amide bonds. The second kappa shape index (κ2) is 10.5. The van der Waals surface area contributed by atoms with Crippen molar-refractivity contribution in [3.8, 4) is 16.9 Å². The van der Waals surface area contributed by atoms with Gasteiger partial charge in [-0.25, -0.2) is 4.79 Å². The Morgan fingerprint density at radius 3 is 2.29 bits per heavy atom. The van der Waals surface area contributed by atoms with Gasteiger partial charge >= 0.3 is 5.97 Å². The minimum Gasteiger partial charge on any atom is -0.493 e. The Morgan fingerprint density at radius 1 is 0.971 bits per heavy atom. The lowest BCUT2D eigenvalue weighted by atomic mass is 9.89. The maximum atomic E-state index is 11.9. The van der Waals surface area contributed by atoms with Crippen molar-refractivity contribution in [1.29, 1.82) is 0 Å². The zero-order valence-corrected chi connectivity index (χ0v) is 19.4. The molecule has 2 N–H and O–H groups in total. The molecule has 0 bridgehead atoms. The molecule has 3 atom stereocenters. The fourth-order valence-electron chi connectivity index (χ4n) is 4.48. The molecule has 0 saturated carbocycles. The van der Waals surface area contributed by atoms with Crippen molar-refractivity contribution >= 4 is 11.9 Å². The van der Waals surface area contributed by atoms with Crippen LogP contribution in [0.4, 0.5) is 0 Å². The van der Waals surface area contributed by atoms with Crippen LogP contribution < -0.4 is 10.1 Å². The Morgan fingerprint density at radius 2 is 1.65 bits per heavy atom. The van der Waals surface area contributed by atoms with Gasteiger partial charge in [-0.3, -0.25) is 4.79 Å². The Bertz CT molecular complexity index is 1140. The number of carboxylic acids is 1. The number of benzene rings is 3. The van der Waals surface area contributed by atoms with E-state index in [1.54, 1.807) is 24.3 Å². The predicted octanol–water partition coefficient (Wildman–Crippen LogP) is 5.55. The zero-order chi connectivity index (χ0) is 24.1. The molecule has 0 aromatic heterocycles. The SMILES string of the molecule is CCOc1ccc(-c2ccc(C(=O)O)cc2)cc1[C@H]1C[C@@H](NC(C)=O)C[C@@H](c2ccccc2)O1. The van der Waals surface area contributed by atoms with Crippen LogP contribution in [0, 0.1) is 0 Å². The average Bonchev–Trinajstić information content (AvgIpc) is 2.84. The van der Waals surface area contributed by atoms with Crippen molar-refractivity contribution in [2.24, 2.45) is 0 Å². The molecule has 6 heteroatoms. The van der Waals surface area contributed by atoms with Crippen LogP contribution in [0.25, 0.3) is 11.1 Å². The van der Waals surface area contributed by atoms with Crippen LogP contribution in [0.15, 0.2) is 72.8 Å². The van der Waals surface area contributed by atoms with Crippen molar-refractivity contribution in [2.75, 3.05) is 6.61 Å². The molecule has 0 spiro atoms. The highest BCUT2D eigenvalue weighted by atomic mass is 16.5. The fourth-order valence-corrected chi connectivity index (χ4v) is 4.48. The summed E-state index contributed by atoms with van der Waals surface area (Å²) in [6, 6.07) is 22.8. The molecule has 0 radical (unpaired) electrons. The monoisotopic (exact) mass is 459 g/mol. The third kappa shape index (κ3) is 5.46. The molecule has 1 aliphatic rings. The highest BCUT2D eigenvalue weighted by Crippen LogP contribution is 2.43. The van der Waals surface area contributed by atoms with E-state index < -0.39 is 5.97 Å². The van der Waals surface area contributed by atoms with Gasteiger partial charge in [0.1, 0.15) is 5.75 Å². The number of ether oxygens (including phenoxy) is 2. The Kier molecular flexibility index (Phi) is 7.28. The van der Waals surface area contributed by atoms with E-state index in [0.29, 0.717) is 19.4 Å². The van der Waals surface area contributed by atoms with E-state index in [-0.39, 0.29) is 29.7 Å². The van der Waals surface area contributed by atoms with E-state index in [1.807, 2.05) is 55.5 Å². The summed E-state index contributed by atoms with van der Waals surface area (Å²) >= 11 is 0. The average molecular weight is 460 g/mol. The summed E-state index contributed by atoms with van der Waals surface area (Å²) < 4.78 is 12.5. The largest absolute Gasteiger partial charge is 0.493 e. The van der Waals surface area contributed by atoms with E-state index in [4.69, 9.17) is 9.47 Å². The Balaban J connectivity index is 1.71. The first kappa shape index (κ1) is 23.5. The molecule has 0 aliphatic carbocycles. The number of carbonyl (C=O) groups excluding carboxylic acids is 1. The topological polar surface area (TPSA) is 84.9 Å². The molecule has 3 aromatic carbocycles. The van der Waals surface area contributed by atoms with Crippen molar-refractivity contribution in [2.45, 2.75) is 44.9 Å². The van der Waals surface area contributed by atoms with Gasteiger partial charge in [-0.1, -0.05) is 48.5 Å². The lowest BCUT2D eigenvalue weighted by Crippen LogP contribution is -2.39. The molecule has 6 nitrogen and oxygen atoms in total. The molecule has 34 heavy (non-hydrogen) atoms. The summed E-state index contributed by atoms with van der Waals surface area (Å²) in [5, 5.41) is 12.3. The summed E-state index contributed by atoms with van der Waals surface area (Å²) in [6.45, 7) is 4.00. The van der Waals surface area contributed by atoms with Crippen molar-refractivity contribution in [1.82, 2.24) is 5.32 Å². The molecule has 1 aliphatic heterocycles. The van der Waals surface area contributed by atoms with E-state index in [2.05, 4.69) is 5.32 Å². The van der Waals surface area contributed by atoms with Gasteiger partial charge in [0.2, 0.25) is 5.91 Å². The van der Waals surface area contributed by atoms with Crippen LogP contribution in [0.1, 0.15) is 60.4 Å². The Hall–Kier alpha value is -3.64. The van der Waals surface area contributed by atoms with E-state index in [9.17, 15) is 14.7 Å². The summed E-state index contributed by atoms with van der Waals surface area (Å²) in [7, 11) is 0. The number of amides is 1. The van der Waals surface area contributed by atoms with Gasteiger partial charge in [0.05, 0.1) is 24.4 Å². The number of carboxylic acid groups (broad SMARTS) is 1. The van der Waals surface area contributed by atoms with Crippen molar-refractivity contribution in [3.05, 3.63) is 89.5 Å². The van der Waals surface area contributed by atoms with Crippen LogP contribution in [0.2, 0.25) is 0 Å². The van der Waals surface area contributed by atoms with Gasteiger partial charge in [-0.15, -0.1) is 0 Å². The summed E-state index contributed by atoms with van der Waals surface area (Å²) in [5.74, 6) is -0.269. The first-order chi connectivity index (χ1) is 16.4. The number of hydrogen-bond donors (Lipinski definition) is 2. The molecule has 0 unspecified atom stereocenters. The van der Waals surface area contributed by atoms with Gasteiger partial charge in [0, 0.05) is 18.5 Å². The molecule has 1 fully saturated rings. The van der Waals surface area contributed by atoms with Gasteiger partial charge in [-0.05, 0) is 60.7 Å². The van der Waals surface area contributed by atoms with Crippen molar-refractivity contribution in [3.63, 3.8) is 0 Å². The number of hydrogen-bond acceptors (Lipinski definition) is 4. The normalized spacial score (nSPS) is 19.9. The second-order valence-corrected chi connectivity index (χ2v) is 8.46. The van der Waals surface area contributed by atoms with E-state index in [0.717, 1.165) is 28.0 Å². The lowest BCUT2D eigenvalue weighted by molar-refractivity contribution is -0.122. The van der Waals surface area contributed by atoms with Gasteiger partial charge in [0.15, 0.2) is 0 Å². The fraction of sp³-hybridized carbons (Fsp3) is 0.286. The maximum Gasteiger partial charge on any atom is 0.335 e. The van der Waals surface area contributed by atoms with E-state index >= 15 is 0 Å². The lowest BCUT2D eigenvalue weighted by Gasteiger charge is -2.37. The second-order valence-electron chi connectivity index (χ2n) is 8.46. The van der Waals surface area contributed by atoms with Gasteiger partial charge in [-0.2, -0.15) is 0 Å². The number of carbonyl (C=O) groups is 2. The molecule has 176 valence electrons. The molecule has 1 saturated heterocycles. The predicted molar refractivity (Wildman–Crippen MR) is 130 cm³/mol. The van der Waals surface area contributed by atoms with Crippen LogP contribution >= 0.6 is 0 Å². The standard InChI is InChI=1S/C28H29NO5/c1-3-33-25-14-13-22(19-9-11-21(12-10-19)28(31)32)15-24(25)27-17-23(29-18(2)30)16-26(34-27)20-7-5-4-6-8-20/h4-15,23,26-27H,3,16-17H2,1-2H3,(H,29,30)(H,31,32)/t23-,26-,27+/m0/s1. The van der Waals surface area contributed by atoms with E-state index in [1.165, 1.54) is 6.92 Å². The number of rotatable bonds is 7. The summed E-state index contributed by atoms with van der Waals surface area (Å²) in [5.41, 5.74) is 4.08. The highest BCUT2D eigenvalue weighted by molar-refractivity contribution is 5.88. The quantitative estimate of drug-likeness (QED) is 0.484. The minimum absolute atomic E-state index is 0.0329. The van der Waals surface area contributed by atoms with Gasteiger partial charge in [0.25, 0.3) is 0 Å². The Labute approximate surface area is 199 Å². The smallest absolute Gasteiger partial charge is 0.335 e. The first-order valence-electron chi connectivity index (χ1n) is 11.5. The third-order valence-electron chi connectivity index (χ3n) is 6.03. The van der Waals surface area contributed by atoms with Crippen LogP contribution in [0.5, 0.6) is 5.75 Å². The minimum atomic E-state index is -0.953. The summed E-state index contributed by atoms with van der Waals surface area (Å²) in [4.78, 5) is 23.1. The van der Waals surface area contributed by atoms with Crippen LogP contribution in [-0.2, 0) is 9.53 Å². The highest BCUT2D eigenvalue weighted by Gasteiger charge is 2.33. The maximum absolute atomic E-state index is 11.9. The number of nitrogens with one attached hydrogen (secondary N) is 1. The number of aromatic carboxylic acids is 1. The first-order valence-corrected chi connectivity index (χ1v) is 11.5. The van der Waals surface area contributed by atoms with Crippen LogP contribution in [-0.4, -0.2) is 29.6 Å². The molecular formula is C28H29NO5. The third-order valence-corrected chi connectivity index (χ3v) is 6.03. The summed E-state index contributed by atoms with van der Waals surface area (Å²) in [6.07, 6.45) is 0.880. The van der Waals surface area contributed by atoms with Crippen molar-refractivity contribution < 1.29 is 24.2 Å². The van der Waals surface area contributed by atoms with Crippen LogP contribution in [0.3, 0.4) is 0 Å². The molecule has 3 aromatic rings. The zero-order valence-electron chi connectivity index (χ0n) is 19.4. The molecule has 4 rings (SSSR count). The molecule has 1 heterocycles. The van der Waals surface area contributed by atoms with Gasteiger partial charge < -0.3 is 19.9 Å².